The van der Waals surface area contributed by atoms with Gasteiger partial charge in [0, 0.05) is 12.8 Å². The number of hydrogen-bond acceptors (Lipinski definition) is 4. The average Bonchev–Trinajstić information content (AvgIpc) is 3.19. The van der Waals surface area contributed by atoms with Crippen molar-refractivity contribution in [1.29, 1.82) is 0 Å². The number of aliphatic hydroxyl groups is 4. The highest BCUT2D eigenvalue weighted by Crippen LogP contribution is 2.59. The summed E-state index contributed by atoms with van der Waals surface area (Å²) in [5.41, 5.74) is 2.67. The smallest absolute Gasteiger partial charge is 0.117 e. The van der Waals surface area contributed by atoms with Crippen LogP contribution in [0.25, 0.3) is 0 Å². The van der Waals surface area contributed by atoms with Gasteiger partial charge in [-0.1, -0.05) is 57.9 Å². The molecule has 3 aliphatic carbocycles. The summed E-state index contributed by atoms with van der Waals surface area (Å²) in [5, 5.41) is 41.6. The Labute approximate surface area is 213 Å². The molecule has 4 heteroatoms. The zero-order valence-electron chi connectivity index (χ0n) is 22.4. The Balaban J connectivity index is 1.68. The molecule has 0 unspecified atom stereocenters. The van der Waals surface area contributed by atoms with Gasteiger partial charge in [-0.15, -0.1) is 5.92 Å². The van der Waals surface area contributed by atoms with Crippen LogP contribution < -0.4 is 0 Å². The van der Waals surface area contributed by atoms with Crippen molar-refractivity contribution in [2.75, 3.05) is 0 Å². The second-order valence-electron chi connectivity index (χ2n) is 11.7. The fourth-order valence-electron chi connectivity index (χ4n) is 7.04. The molecular formula is C31H48O4. The zero-order chi connectivity index (χ0) is 25.8. The third-order valence-electron chi connectivity index (χ3n) is 9.72. The van der Waals surface area contributed by atoms with E-state index in [4.69, 9.17) is 0 Å². The van der Waals surface area contributed by atoms with E-state index >= 15 is 0 Å². The Morgan fingerprint density at radius 2 is 1.91 bits per heavy atom. The molecule has 4 nitrogen and oxygen atoms in total. The highest BCUT2D eigenvalue weighted by Gasteiger charge is 2.51. The molecule has 0 radical (unpaired) electrons. The van der Waals surface area contributed by atoms with Crippen molar-refractivity contribution in [2.45, 2.75) is 122 Å². The van der Waals surface area contributed by atoms with Crippen molar-refractivity contribution in [1.82, 2.24) is 0 Å². The highest BCUT2D eigenvalue weighted by atomic mass is 16.3. The van der Waals surface area contributed by atoms with Gasteiger partial charge in [0.05, 0.1) is 17.8 Å². The fourth-order valence-corrected chi connectivity index (χ4v) is 7.04. The van der Waals surface area contributed by atoms with Gasteiger partial charge in [-0.3, -0.25) is 0 Å². The maximum Gasteiger partial charge on any atom is 0.117 e. The number of rotatable bonds is 7. The number of allylic oxidation sites excluding steroid dienone is 3. The molecule has 0 heterocycles. The van der Waals surface area contributed by atoms with Crippen LogP contribution >= 0.6 is 0 Å². The predicted octanol–water partition coefficient (Wildman–Crippen LogP) is 5.46. The Morgan fingerprint density at radius 1 is 1.20 bits per heavy atom. The van der Waals surface area contributed by atoms with Crippen LogP contribution in [0.4, 0.5) is 0 Å². The van der Waals surface area contributed by atoms with E-state index in [0.29, 0.717) is 37.5 Å². The SMILES string of the molecule is C=C1/C(=C\C=C2/CCC[C@]3(C)[C@@H]([C@@H](C)[C@@H](O)C#CCCC(O)(CC)CC)CC[C@@H]23)C[C@@H](O)C[C@@H]1O. The normalized spacial score (nSPS) is 35.5. The van der Waals surface area contributed by atoms with Crippen LogP contribution in [-0.2, 0) is 0 Å². The van der Waals surface area contributed by atoms with Gasteiger partial charge >= 0.3 is 0 Å². The Morgan fingerprint density at radius 3 is 2.60 bits per heavy atom. The fraction of sp³-hybridized carbons (Fsp3) is 0.742. The van der Waals surface area contributed by atoms with Crippen LogP contribution in [0.3, 0.4) is 0 Å². The van der Waals surface area contributed by atoms with E-state index in [1.165, 1.54) is 12.0 Å². The molecule has 0 amide bonds. The topological polar surface area (TPSA) is 80.9 Å². The van der Waals surface area contributed by atoms with E-state index in [-0.39, 0.29) is 11.3 Å². The molecule has 0 spiro atoms. The first kappa shape index (κ1) is 28.2. The number of aliphatic hydroxyl groups excluding tert-OH is 3. The van der Waals surface area contributed by atoms with Crippen molar-refractivity contribution in [3.63, 3.8) is 0 Å². The minimum Gasteiger partial charge on any atom is -0.393 e. The van der Waals surface area contributed by atoms with E-state index in [9.17, 15) is 20.4 Å². The molecule has 0 bridgehead atoms. The Bertz CT molecular complexity index is 870. The zero-order valence-corrected chi connectivity index (χ0v) is 22.4. The lowest BCUT2D eigenvalue weighted by atomic mass is 9.60. The largest absolute Gasteiger partial charge is 0.393 e. The number of fused-ring (bicyclic) bond motifs is 1. The molecule has 196 valence electrons. The first-order chi connectivity index (χ1) is 16.5. The minimum absolute atomic E-state index is 0.106. The van der Waals surface area contributed by atoms with E-state index in [1.54, 1.807) is 0 Å². The molecule has 0 aliphatic heterocycles. The van der Waals surface area contributed by atoms with Crippen LogP contribution in [0.5, 0.6) is 0 Å². The van der Waals surface area contributed by atoms with Gasteiger partial charge in [-0.2, -0.15) is 0 Å². The molecule has 0 aromatic carbocycles. The first-order valence-corrected chi connectivity index (χ1v) is 13.9. The molecule has 3 fully saturated rings. The van der Waals surface area contributed by atoms with Crippen molar-refractivity contribution >= 4 is 0 Å². The van der Waals surface area contributed by atoms with Gasteiger partial charge in [-0.05, 0) is 92.1 Å². The maximum atomic E-state index is 10.9. The van der Waals surface area contributed by atoms with Crippen molar-refractivity contribution in [3.8, 4) is 11.8 Å². The second kappa shape index (κ2) is 11.8. The quantitative estimate of drug-likeness (QED) is 0.362. The molecule has 4 N–H and O–H groups in total. The molecule has 0 saturated heterocycles. The monoisotopic (exact) mass is 484 g/mol. The van der Waals surface area contributed by atoms with E-state index in [1.807, 2.05) is 13.8 Å². The van der Waals surface area contributed by atoms with Crippen LogP contribution in [0, 0.1) is 35.0 Å². The molecule has 3 aliphatic rings. The lowest BCUT2D eigenvalue weighted by Crippen LogP contribution is -2.39. The third kappa shape index (κ3) is 6.31. The van der Waals surface area contributed by atoms with Crippen LogP contribution in [-0.4, -0.2) is 44.3 Å². The first-order valence-electron chi connectivity index (χ1n) is 13.9. The van der Waals surface area contributed by atoms with Gasteiger partial charge < -0.3 is 20.4 Å². The predicted molar refractivity (Wildman–Crippen MR) is 142 cm³/mol. The summed E-state index contributed by atoms with van der Waals surface area (Å²) in [6, 6.07) is 0. The summed E-state index contributed by atoms with van der Waals surface area (Å²) < 4.78 is 0. The second-order valence-corrected chi connectivity index (χ2v) is 11.7. The van der Waals surface area contributed by atoms with Crippen LogP contribution in [0.1, 0.15) is 98.3 Å². The summed E-state index contributed by atoms with van der Waals surface area (Å²) in [6.07, 6.45) is 11.8. The summed E-state index contributed by atoms with van der Waals surface area (Å²) in [6.45, 7) is 12.6. The van der Waals surface area contributed by atoms with Crippen LogP contribution in [0.2, 0.25) is 0 Å². The molecule has 35 heavy (non-hydrogen) atoms. The molecule has 3 saturated carbocycles. The number of hydrogen-bond donors (Lipinski definition) is 4. The Kier molecular flexibility index (Phi) is 9.49. The maximum absolute atomic E-state index is 10.9. The third-order valence-corrected chi connectivity index (χ3v) is 9.72. The van der Waals surface area contributed by atoms with Gasteiger partial charge in [0.15, 0.2) is 0 Å². The molecule has 0 aromatic heterocycles. The lowest BCUT2D eigenvalue weighted by Gasteiger charge is -2.44. The summed E-state index contributed by atoms with van der Waals surface area (Å²) >= 11 is 0. The van der Waals surface area contributed by atoms with Gasteiger partial charge in [-0.25, -0.2) is 0 Å². The van der Waals surface area contributed by atoms with Crippen LogP contribution in [0.15, 0.2) is 35.5 Å². The van der Waals surface area contributed by atoms with Gasteiger partial charge in [0.25, 0.3) is 0 Å². The summed E-state index contributed by atoms with van der Waals surface area (Å²) in [7, 11) is 0. The molecule has 3 rings (SSSR count). The van der Waals surface area contributed by atoms with E-state index < -0.39 is 23.9 Å². The molecule has 0 aromatic rings. The Hall–Kier alpha value is -1.38. The van der Waals surface area contributed by atoms with Gasteiger partial charge in [0.1, 0.15) is 6.10 Å². The highest BCUT2D eigenvalue weighted by molar-refractivity contribution is 5.38. The van der Waals surface area contributed by atoms with E-state index in [2.05, 4.69) is 44.4 Å². The van der Waals surface area contributed by atoms with Crippen molar-refractivity contribution in [2.24, 2.45) is 23.2 Å². The van der Waals surface area contributed by atoms with Crippen molar-refractivity contribution < 1.29 is 20.4 Å². The summed E-state index contributed by atoms with van der Waals surface area (Å²) in [4.78, 5) is 0. The molecular weight excluding hydrogens is 436 g/mol. The lowest BCUT2D eigenvalue weighted by molar-refractivity contribution is 0.0250. The minimum atomic E-state index is -0.655. The standard InChI is InChI=1S/C31H48O4/c1-6-31(35,7-2)18-9-8-12-28(33)22(4)26-15-16-27-23(11-10-17-30(26,27)5)13-14-24-19-25(32)20-29(34)21(24)3/h13-14,22,25-29,32-35H,3,6-7,9-11,15-20H2,1-2,4-5H3/b23-13+,24-14-/t22-,25-,26-,27+,28+,29+,30-/m1/s1. The van der Waals surface area contributed by atoms with Crippen molar-refractivity contribution in [3.05, 3.63) is 35.5 Å². The average molecular weight is 485 g/mol. The molecule has 7 atom stereocenters. The van der Waals surface area contributed by atoms with E-state index in [0.717, 1.165) is 49.7 Å². The van der Waals surface area contributed by atoms with Gasteiger partial charge in [0.2, 0.25) is 0 Å². The summed E-state index contributed by atoms with van der Waals surface area (Å²) in [5.74, 6) is 7.27.